The monoisotopic (exact) mass is 262 g/mol. The second-order valence-corrected chi connectivity index (χ2v) is 6.71. The summed E-state index contributed by atoms with van der Waals surface area (Å²) in [7, 11) is 2.07. The number of rotatable bonds is 3. The van der Waals surface area contributed by atoms with Crippen LogP contribution < -0.4 is 5.32 Å². The molecule has 1 saturated heterocycles. The van der Waals surface area contributed by atoms with Crippen LogP contribution in [-0.4, -0.2) is 23.3 Å². The van der Waals surface area contributed by atoms with Crippen LogP contribution in [0.1, 0.15) is 56.7 Å². The van der Waals surface area contributed by atoms with Gasteiger partial charge in [-0.3, -0.25) is 0 Å². The molecule has 1 aliphatic carbocycles. The van der Waals surface area contributed by atoms with Crippen LogP contribution in [0.25, 0.3) is 0 Å². The van der Waals surface area contributed by atoms with Crippen LogP contribution in [0.5, 0.6) is 0 Å². The van der Waals surface area contributed by atoms with Crippen molar-refractivity contribution in [3.05, 3.63) is 23.5 Å². The average Bonchev–Trinajstić information content (AvgIpc) is 2.91. The minimum atomic E-state index is 0.0744. The van der Waals surface area contributed by atoms with Gasteiger partial charge in [-0.1, -0.05) is 0 Å². The summed E-state index contributed by atoms with van der Waals surface area (Å²) >= 11 is 0. The van der Waals surface area contributed by atoms with Crippen molar-refractivity contribution in [2.75, 3.05) is 7.05 Å². The molecular weight excluding hydrogens is 236 g/mol. The maximum Gasteiger partial charge on any atom is 0.0762 e. The molecule has 2 heterocycles. The molecule has 0 spiro atoms. The molecule has 2 aliphatic rings. The third-order valence-electron chi connectivity index (χ3n) is 4.63. The molecule has 1 aliphatic heterocycles. The van der Waals surface area contributed by atoms with Gasteiger partial charge in [0.15, 0.2) is 0 Å². The van der Waals surface area contributed by atoms with Crippen LogP contribution in [0.2, 0.25) is 0 Å². The molecule has 1 fully saturated rings. The normalized spacial score (nSPS) is 29.4. The number of nitrogens with zero attached hydrogens (tertiary/aromatic N) is 1. The topological polar surface area (TPSA) is 26.2 Å². The van der Waals surface area contributed by atoms with E-state index >= 15 is 0 Å². The van der Waals surface area contributed by atoms with Gasteiger partial charge in [0.25, 0.3) is 0 Å². The lowest BCUT2D eigenvalue weighted by Crippen LogP contribution is -2.22. The maximum absolute atomic E-state index is 6.10. The van der Waals surface area contributed by atoms with Crippen molar-refractivity contribution in [1.82, 2.24) is 9.88 Å². The molecule has 2 atom stereocenters. The molecule has 0 radical (unpaired) electrons. The second-order valence-electron chi connectivity index (χ2n) is 6.71. The van der Waals surface area contributed by atoms with Crippen molar-refractivity contribution >= 4 is 0 Å². The molecule has 106 valence electrons. The van der Waals surface area contributed by atoms with Crippen molar-refractivity contribution in [2.24, 2.45) is 0 Å². The summed E-state index contributed by atoms with van der Waals surface area (Å²) < 4.78 is 8.46. The van der Waals surface area contributed by atoms with E-state index in [0.717, 1.165) is 6.54 Å². The fourth-order valence-electron chi connectivity index (χ4n) is 3.59. The number of hydrogen-bond donors (Lipinski definition) is 1. The van der Waals surface area contributed by atoms with E-state index in [1.165, 1.54) is 43.2 Å². The first-order valence-corrected chi connectivity index (χ1v) is 7.61. The average molecular weight is 262 g/mol. The van der Waals surface area contributed by atoms with E-state index in [1.54, 1.807) is 0 Å². The summed E-state index contributed by atoms with van der Waals surface area (Å²) in [5.41, 5.74) is 3.11. The lowest BCUT2D eigenvalue weighted by Gasteiger charge is -2.21. The maximum atomic E-state index is 6.10. The van der Waals surface area contributed by atoms with E-state index in [9.17, 15) is 0 Å². The van der Waals surface area contributed by atoms with Crippen LogP contribution in [0.3, 0.4) is 0 Å². The SMILES string of the molecule is CNC1CCCc2cn(CC3CCC(C)(C)O3)cc21. The molecule has 3 rings (SSSR count). The molecule has 0 amide bonds. The highest BCUT2D eigenvalue weighted by Gasteiger charge is 2.32. The van der Waals surface area contributed by atoms with Gasteiger partial charge < -0.3 is 14.6 Å². The summed E-state index contributed by atoms with van der Waals surface area (Å²) in [5.74, 6) is 0. The predicted octanol–water partition coefficient (Wildman–Crippen LogP) is 3.04. The number of aromatic nitrogens is 1. The third-order valence-corrected chi connectivity index (χ3v) is 4.63. The molecule has 0 saturated carbocycles. The van der Waals surface area contributed by atoms with Crippen molar-refractivity contribution in [1.29, 1.82) is 0 Å². The van der Waals surface area contributed by atoms with Gasteiger partial charge in [0, 0.05) is 25.0 Å². The van der Waals surface area contributed by atoms with E-state index in [4.69, 9.17) is 4.74 Å². The minimum absolute atomic E-state index is 0.0744. The van der Waals surface area contributed by atoms with Gasteiger partial charge in [0.1, 0.15) is 0 Å². The Morgan fingerprint density at radius 2 is 2.21 bits per heavy atom. The largest absolute Gasteiger partial charge is 0.370 e. The zero-order valence-electron chi connectivity index (χ0n) is 12.4. The van der Waals surface area contributed by atoms with Crippen molar-refractivity contribution < 1.29 is 4.74 Å². The van der Waals surface area contributed by atoms with Crippen molar-refractivity contribution in [3.8, 4) is 0 Å². The first-order valence-electron chi connectivity index (χ1n) is 7.61. The molecule has 2 unspecified atom stereocenters. The third kappa shape index (κ3) is 2.72. The van der Waals surface area contributed by atoms with Crippen molar-refractivity contribution in [3.63, 3.8) is 0 Å². The Morgan fingerprint density at radius 3 is 2.89 bits per heavy atom. The highest BCUT2D eigenvalue weighted by Crippen LogP contribution is 2.33. The van der Waals surface area contributed by atoms with Crippen LogP contribution in [0.4, 0.5) is 0 Å². The highest BCUT2D eigenvalue weighted by atomic mass is 16.5. The number of ether oxygens (including phenoxy) is 1. The summed E-state index contributed by atoms with van der Waals surface area (Å²) in [6, 6.07) is 0.547. The molecule has 1 N–H and O–H groups in total. The Labute approximate surface area is 116 Å². The van der Waals surface area contributed by atoms with E-state index in [-0.39, 0.29) is 5.60 Å². The Hall–Kier alpha value is -0.800. The zero-order chi connectivity index (χ0) is 13.5. The molecule has 3 nitrogen and oxygen atoms in total. The van der Waals surface area contributed by atoms with Crippen LogP contribution in [0.15, 0.2) is 12.4 Å². The van der Waals surface area contributed by atoms with Gasteiger partial charge >= 0.3 is 0 Å². The van der Waals surface area contributed by atoms with E-state index in [2.05, 4.69) is 43.2 Å². The quantitative estimate of drug-likeness (QED) is 0.906. The summed E-state index contributed by atoms with van der Waals surface area (Å²) in [6.45, 7) is 5.41. The highest BCUT2D eigenvalue weighted by molar-refractivity contribution is 5.30. The van der Waals surface area contributed by atoms with Gasteiger partial charge in [-0.2, -0.15) is 0 Å². The standard InChI is InChI=1S/C16H26N2O/c1-16(2)8-7-13(19-16)10-18-9-12-5-4-6-15(17-3)14(12)11-18/h9,11,13,15,17H,4-8,10H2,1-3H3. The summed E-state index contributed by atoms with van der Waals surface area (Å²) in [6.07, 6.45) is 11.2. The lowest BCUT2D eigenvalue weighted by molar-refractivity contribution is -0.0216. The summed E-state index contributed by atoms with van der Waals surface area (Å²) in [4.78, 5) is 0. The smallest absolute Gasteiger partial charge is 0.0762 e. The Balaban J connectivity index is 1.71. The molecule has 0 aromatic carbocycles. The Kier molecular flexibility index (Phi) is 3.44. The number of hydrogen-bond acceptors (Lipinski definition) is 2. The minimum Gasteiger partial charge on any atom is -0.370 e. The molecule has 1 aromatic rings. The van der Waals surface area contributed by atoms with Crippen molar-refractivity contribution in [2.45, 2.75) is 70.2 Å². The first kappa shape index (κ1) is 13.2. The molecule has 0 bridgehead atoms. The number of aryl methyl sites for hydroxylation is 1. The second kappa shape index (κ2) is 4.95. The van der Waals surface area contributed by atoms with Gasteiger partial charge in [0.2, 0.25) is 0 Å². The lowest BCUT2D eigenvalue weighted by atomic mass is 9.91. The van der Waals surface area contributed by atoms with Gasteiger partial charge in [-0.05, 0) is 64.1 Å². The van der Waals surface area contributed by atoms with Gasteiger partial charge in [-0.15, -0.1) is 0 Å². The molecule has 1 aromatic heterocycles. The summed E-state index contributed by atoms with van der Waals surface area (Å²) in [5, 5.41) is 3.44. The molecule has 3 heteroatoms. The first-order chi connectivity index (χ1) is 9.07. The van der Waals surface area contributed by atoms with Crippen LogP contribution in [0, 0.1) is 0 Å². The number of fused-ring (bicyclic) bond motifs is 1. The predicted molar refractivity (Wildman–Crippen MR) is 77.4 cm³/mol. The fourth-order valence-corrected chi connectivity index (χ4v) is 3.59. The van der Waals surface area contributed by atoms with Gasteiger partial charge in [0.05, 0.1) is 11.7 Å². The van der Waals surface area contributed by atoms with E-state index < -0.39 is 0 Å². The van der Waals surface area contributed by atoms with Crippen LogP contribution in [-0.2, 0) is 17.7 Å². The Bertz CT molecular complexity index is 450. The molecular formula is C16H26N2O. The van der Waals surface area contributed by atoms with E-state index in [0.29, 0.717) is 12.1 Å². The Morgan fingerprint density at radius 1 is 1.37 bits per heavy atom. The van der Waals surface area contributed by atoms with Gasteiger partial charge in [-0.25, -0.2) is 0 Å². The van der Waals surface area contributed by atoms with Crippen LogP contribution >= 0.6 is 0 Å². The number of nitrogens with one attached hydrogen (secondary N) is 1. The fraction of sp³-hybridized carbons (Fsp3) is 0.750. The molecule has 19 heavy (non-hydrogen) atoms. The zero-order valence-corrected chi connectivity index (χ0v) is 12.4. The van der Waals surface area contributed by atoms with E-state index in [1.807, 2.05) is 0 Å².